The minimum atomic E-state index is -0.274. The molecule has 0 N–H and O–H groups in total. The Hall–Kier alpha value is -0.960. The summed E-state index contributed by atoms with van der Waals surface area (Å²) in [5, 5.41) is 0. The molecule has 3 rings (SSSR count). The second-order valence-electron chi connectivity index (χ2n) is 5.58. The lowest BCUT2D eigenvalue weighted by molar-refractivity contribution is -0.121. The molecule has 0 amide bonds. The molecule has 0 unspecified atom stereocenters. The number of aryl methyl sites for hydroxylation is 1. The summed E-state index contributed by atoms with van der Waals surface area (Å²) in [7, 11) is 0. The van der Waals surface area contributed by atoms with Crippen LogP contribution in [0.2, 0.25) is 0 Å². The van der Waals surface area contributed by atoms with Gasteiger partial charge in [-0.3, -0.25) is 9.59 Å². The molecule has 2 nitrogen and oxygen atoms in total. The largest absolute Gasteiger partial charge is 0.300 e. The first kappa shape index (κ1) is 12.1. The predicted octanol–water partition coefficient (Wildman–Crippen LogP) is 3.63. The van der Waals surface area contributed by atoms with Crippen molar-refractivity contribution >= 4 is 27.5 Å². The van der Waals surface area contributed by atoms with Gasteiger partial charge in [0.05, 0.1) is 0 Å². The van der Waals surface area contributed by atoms with E-state index < -0.39 is 0 Å². The molecule has 3 heteroatoms. The molecule has 94 valence electrons. The molecule has 0 saturated heterocycles. The number of carbonyl (C=O) groups is 2. The van der Waals surface area contributed by atoms with Crippen LogP contribution in [0.25, 0.3) is 0 Å². The number of hydrogen-bond donors (Lipinski definition) is 0. The van der Waals surface area contributed by atoms with Crippen molar-refractivity contribution in [3.05, 3.63) is 33.3 Å². The zero-order valence-electron chi connectivity index (χ0n) is 10.4. The molecule has 1 saturated carbocycles. The number of halogens is 1. The van der Waals surface area contributed by atoms with Crippen LogP contribution < -0.4 is 0 Å². The number of carbonyl (C=O) groups excluding carboxylic acids is 2. The van der Waals surface area contributed by atoms with Crippen LogP contribution in [0.15, 0.2) is 16.6 Å². The van der Waals surface area contributed by atoms with Crippen LogP contribution in [-0.2, 0) is 11.2 Å². The van der Waals surface area contributed by atoms with Crippen molar-refractivity contribution in [3.8, 4) is 0 Å². The van der Waals surface area contributed by atoms with Crippen molar-refractivity contribution in [2.75, 3.05) is 0 Å². The normalized spacial score (nSPS) is 21.4. The molecule has 2 aliphatic rings. The highest BCUT2D eigenvalue weighted by atomic mass is 79.9. The third kappa shape index (κ3) is 1.68. The Morgan fingerprint density at radius 1 is 1.17 bits per heavy atom. The van der Waals surface area contributed by atoms with Crippen molar-refractivity contribution in [2.24, 2.45) is 5.41 Å². The summed E-state index contributed by atoms with van der Waals surface area (Å²) in [6.45, 7) is 2.05. The maximum absolute atomic E-state index is 12.6. The van der Waals surface area contributed by atoms with E-state index in [-0.39, 0.29) is 11.2 Å². The first-order valence-corrected chi connectivity index (χ1v) is 7.17. The Kier molecular flexibility index (Phi) is 2.70. The fourth-order valence-electron chi connectivity index (χ4n) is 3.24. The molecule has 0 heterocycles. The van der Waals surface area contributed by atoms with Crippen molar-refractivity contribution in [2.45, 2.75) is 39.0 Å². The van der Waals surface area contributed by atoms with Gasteiger partial charge in [-0.05, 0) is 43.4 Å². The standard InChI is InChI=1S/C15H15BrO2/c1-9-6-10-8-15(4-2-11(17)3-5-15)14(18)12(10)7-13(9)16/h6-7H,2-5,8H2,1H3. The van der Waals surface area contributed by atoms with Gasteiger partial charge in [-0.15, -0.1) is 0 Å². The molecule has 0 aliphatic heterocycles. The molecule has 0 atom stereocenters. The number of ketones is 2. The Morgan fingerprint density at radius 3 is 2.50 bits per heavy atom. The Morgan fingerprint density at radius 2 is 1.83 bits per heavy atom. The second-order valence-corrected chi connectivity index (χ2v) is 6.44. The van der Waals surface area contributed by atoms with Crippen LogP contribution in [0.4, 0.5) is 0 Å². The van der Waals surface area contributed by atoms with Crippen LogP contribution in [0.1, 0.15) is 47.2 Å². The fraction of sp³-hybridized carbons (Fsp3) is 0.467. The number of hydrogen-bond acceptors (Lipinski definition) is 2. The third-order valence-electron chi connectivity index (χ3n) is 4.40. The molecule has 2 aliphatic carbocycles. The van der Waals surface area contributed by atoms with Gasteiger partial charge in [0.1, 0.15) is 5.78 Å². The molecule has 1 aromatic carbocycles. The summed E-state index contributed by atoms with van der Waals surface area (Å²) in [6.07, 6.45) is 3.42. The maximum atomic E-state index is 12.6. The summed E-state index contributed by atoms with van der Waals surface area (Å²) < 4.78 is 0.999. The Bertz CT molecular complexity index is 550. The zero-order chi connectivity index (χ0) is 12.9. The topological polar surface area (TPSA) is 34.1 Å². The molecule has 18 heavy (non-hydrogen) atoms. The van der Waals surface area contributed by atoms with Crippen LogP contribution in [0.5, 0.6) is 0 Å². The summed E-state index contributed by atoms with van der Waals surface area (Å²) in [5.74, 6) is 0.562. The minimum absolute atomic E-state index is 0.255. The Labute approximate surface area is 115 Å². The van der Waals surface area contributed by atoms with E-state index in [1.807, 2.05) is 13.0 Å². The lowest BCUT2D eigenvalue weighted by atomic mass is 9.71. The van der Waals surface area contributed by atoms with Crippen molar-refractivity contribution < 1.29 is 9.59 Å². The zero-order valence-corrected chi connectivity index (χ0v) is 12.0. The van der Waals surface area contributed by atoms with Gasteiger partial charge in [0.2, 0.25) is 0 Å². The molecule has 1 aromatic rings. The lowest BCUT2D eigenvalue weighted by Gasteiger charge is -2.30. The van der Waals surface area contributed by atoms with Gasteiger partial charge in [0.25, 0.3) is 0 Å². The van der Waals surface area contributed by atoms with Crippen molar-refractivity contribution in [1.29, 1.82) is 0 Å². The predicted molar refractivity (Wildman–Crippen MR) is 72.8 cm³/mol. The first-order chi connectivity index (χ1) is 8.52. The third-order valence-corrected chi connectivity index (χ3v) is 5.26. The van der Waals surface area contributed by atoms with E-state index in [2.05, 4.69) is 22.0 Å². The van der Waals surface area contributed by atoms with E-state index in [0.29, 0.717) is 18.6 Å². The van der Waals surface area contributed by atoms with Crippen LogP contribution in [0.3, 0.4) is 0 Å². The highest BCUT2D eigenvalue weighted by Crippen LogP contribution is 2.47. The van der Waals surface area contributed by atoms with Gasteiger partial charge in [0, 0.05) is 28.3 Å². The minimum Gasteiger partial charge on any atom is -0.300 e. The van der Waals surface area contributed by atoms with Gasteiger partial charge in [-0.2, -0.15) is 0 Å². The smallest absolute Gasteiger partial charge is 0.169 e. The van der Waals surface area contributed by atoms with Gasteiger partial charge in [-0.25, -0.2) is 0 Å². The molecule has 1 spiro atoms. The first-order valence-electron chi connectivity index (χ1n) is 6.37. The number of benzene rings is 1. The van der Waals surface area contributed by atoms with Gasteiger partial charge in [-0.1, -0.05) is 22.0 Å². The lowest BCUT2D eigenvalue weighted by Crippen LogP contribution is -2.33. The number of rotatable bonds is 0. The fourth-order valence-corrected chi connectivity index (χ4v) is 3.58. The summed E-state index contributed by atoms with van der Waals surface area (Å²) >= 11 is 3.49. The quantitative estimate of drug-likeness (QED) is 0.733. The van der Waals surface area contributed by atoms with Crippen LogP contribution >= 0.6 is 15.9 Å². The average Bonchev–Trinajstić information content (AvgIpc) is 2.59. The molecule has 0 radical (unpaired) electrons. The summed E-state index contributed by atoms with van der Waals surface area (Å²) in [4.78, 5) is 24.0. The molecular weight excluding hydrogens is 292 g/mol. The summed E-state index contributed by atoms with van der Waals surface area (Å²) in [5.41, 5.74) is 2.92. The van der Waals surface area contributed by atoms with Gasteiger partial charge >= 0.3 is 0 Å². The molecular formula is C15H15BrO2. The highest BCUT2D eigenvalue weighted by molar-refractivity contribution is 9.10. The van der Waals surface area contributed by atoms with Crippen LogP contribution in [0, 0.1) is 12.3 Å². The number of fused-ring (bicyclic) bond motifs is 1. The van der Waals surface area contributed by atoms with E-state index in [0.717, 1.165) is 34.9 Å². The monoisotopic (exact) mass is 306 g/mol. The van der Waals surface area contributed by atoms with Gasteiger partial charge < -0.3 is 0 Å². The highest BCUT2D eigenvalue weighted by Gasteiger charge is 2.47. The Balaban J connectivity index is 2.01. The summed E-state index contributed by atoms with van der Waals surface area (Å²) in [6, 6.07) is 4.07. The second kappa shape index (κ2) is 4.02. The van der Waals surface area contributed by atoms with Gasteiger partial charge in [0.15, 0.2) is 5.78 Å². The number of Topliss-reactive ketones (excluding diaryl/α,β-unsaturated/α-hetero) is 2. The van der Waals surface area contributed by atoms with Crippen LogP contribution in [-0.4, -0.2) is 11.6 Å². The van der Waals surface area contributed by atoms with E-state index >= 15 is 0 Å². The van der Waals surface area contributed by atoms with E-state index in [4.69, 9.17) is 0 Å². The van der Waals surface area contributed by atoms with E-state index in [9.17, 15) is 9.59 Å². The molecule has 1 fully saturated rings. The van der Waals surface area contributed by atoms with E-state index in [1.165, 1.54) is 5.56 Å². The average molecular weight is 307 g/mol. The van der Waals surface area contributed by atoms with Crippen molar-refractivity contribution in [1.82, 2.24) is 0 Å². The SMILES string of the molecule is Cc1cc2c(cc1Br)C(=O)C1(CCC(=O)CC1)C2. The van der Waals surface area contributed by atoms with Crippen molar-refractivity contribution in [3.63, 3.8) is 0 Å². The molecule has 0 aromatic heterocycles. The van der Waals surface area contributed by atoms with E-state index in [1.54, 1.807) is 0 Å². The maximum Gasteiger partial charge on any atom is 0.169 e. The molecule has 0 bridgehead atoms.